The number of carbonyl (C=O) groups excluding carboxylic acids is 1. The fourth-order valence-electron chi connectivity index (χ4n) is 6.29. The van der Waals surface area contributed by atoms with E-state index in [1.165, 1.54) is 28.0 Å². The molecular weight excluding hydrogens is 544 g/mol. The van der Waals surface area contributed by atoms with Gasteiger partial charge in [-0.2, -0.15) is 9.97 Å². The highest BCUT2D eigenvalue weighted by atomic mass is 16.5. The molecule has 0 bridgehead atoms. The number of hydrogen-bond acceptors (Lipinski definition) is 9. The molecule has 0 spiro atoms. The van der Waals surface area contributed by atoms with Crippen LogP contribution in [-0.4, -0.2) is 105 Å². The number of fused-ring (bicyclic) bond motifs is 2. The van der Waals surface area contributed by atoms with Crippen LogP contribution >= 0.6 is 0 Å². The largest absolute Gasteiger partial charge is 0.497 e. The lowest BCUT2D eigenvalue weighted by atomic mass is 10.0. The molecule has 3 aliphatic heterocycles. The summed E-state index contributed by atoms with van der Waals surface area (Å²) in [5, 5.41) is 2.37. The van der Waals surface area contributed by atoms with Crippen LogP contribution in [-0.2, 0) is 22.5 Å². The van der Waals surface area contributed by atoms with E-state index in [4.69, 9.17) is 24.2 Å². The van der Waals surface area contributed by atoms with Crippen LogP contribution in [0.3, 0.4) is 0 Å². The van der Waals surface area contributed by atoms with E-state index in [-0.39, 0.29) is 5.91 Å². The van der Waals surface area contributed by atoms with Crippen LogP contribution in [0.1, 0.15) is 23.2 Å². The van der Waals surface area contributed by atoms with E-state index in [1.54, 1.807) is 7.11 Å². The highest BCUT2D eigenvalue weighted by molar-refractivity contribution is 5.96. The van der Waals surface area contributed by atoms with Gasteiger partial charge in [0.2, 0.25) is 5.91 Å². The van der Waals surface area contributed by atoms with Crippen LogP contribution in [0.25, 0.3) is 10.8 Å². The normalized spacial score (nSPS) is 17.6. The van der Waals surface area contributed by atoms with Gasteiger partial charge in [0.15, 0.2) is 0 Å². The lowest BCUT2D eigenvalue weighted by molar-refractivity contribution is -0.126. The van der Waals surface area contributed by atoms with Gasteiger partial charge in [0.25, 0.3) is 0 Å². The van der Waals surface area contributed by atoms with Gasteiger partial charge in [-0.1, -0.05) is 30.3 Å². The van der Waals surface area contributed by atoms with Gasteiger partial charge in [-0.05, 0) is 37.3 Å². The van der Waals surface area contributed by atoms with Crippen molar-refractivity contribution in [1.29, 1.82) is 0 Å². The molecule has 6 rings (SSSR count). The number of aryl methyl sites for hydroxylation is 1. The van der Waals surface area contributed by atoms with Gasteiger partial charge in [0, 0.05) is 75.1 Å². The number of morpholine rings is 1. The molecule has 228 valence electrons. The van der Waals surface area contributed by atoms with E-state index in [9.17, 15) is 4.79 Å². The summed E-state index contributed by atoms with van der Waals surface area (Å²) in [7, 11) is 1.72. The minimum absolute atomic E-state index is 0.0231. The number of benzene rings is 2. The maximum atomic E-state index is 12.2. The fourth-order valence-corrected chi connectivity index (χ4v) is 6.29. The highest BCUT2D eigenvalue weighted by Crippen LogP contribution is 2.37. The Morgan fingerprint density at radius 1 is 1.02 bits per heavy atom. The maximum absolute atomic E-state index is 12.2. The summed E-state index contributed by atoms with van der Waals surface area (Å²) in [5.41, 5.74) is 4.53. The van der Waals surface area contributed by atoms with Crippen molar-refractivity contribution >= 4 is 28.2 Å². The Morgan fingerprint density at radius 2 is 1.84 bits per heavy atom. The maximum Gasteiger partial charge on any atom is 0.318 e. The molecule has 1 amide bonds. The van der Waals surface area contributed by atoms with E-state index in [2.05, 4.69) is 58.5 Å². The molecule has 4 heterocycles. The summed E-state index contributed by atoms with van der Waals surface area (Å²) in [6.07, 6.45) is 3.11. The van der Waals surface area contributed by atoms with Gasteiger partial charge < -0.3 is 28.9 Å². The first-order valence-corrected chi connectivity index (χ1v) is 15.3. The molecule has 0 unspecified atom stereocenters. The first kappa shape index (κ1) is 29.2. The number of piperazine rings is 1. The molecule has 10 nitrogen and oxygen atoms in total. The molecule has 10 heteroatoms. The molecule has 2 saturated heterocycles. The molecule has 2 aromatic carbocycles. The molecule has 0 atom stereocenters. The third-order valence-corrected chi connectivity index (χ3v) is 8.68. The summed E-state index contributed by atoms with van der Waals surface area (Å²) in [6, 6.07) is 11.2. The second kappa shape index (κ2) is 13.2. The van der Waals surface area contributed by atoms with Gasteiger partial charge in [0.1, 0.15) is 11.6 Å². The number of rotatable bonds is 9. The van der Waals surface area contributed by atoms with Crippen LogP contribution in [0.5, 0.6) is 11.8 Å². The SMILES string of the molecule is C=CC(=O)N1CCN(c2nc(OCCCN3CCOCC3)nc3c2CCN(c2cc(OC)cc4cc(C)ccc24)C3)CC1. The quantitative estimate of drug-likeness (QED) is 0.277. The summed E-state index contributed by atoms with van der Waals surface area (Å²) in [6.45, 7) is 15.0. The molecule has 0 radical (unpaired) electrons. The summed E-state index contributed by atoms with van der Waals surface area (Å²) >= 11 is 0. The van der Waals surface area contributed by atoms with Crippen LogP contribution < -0.4 is 19.3 Å². The standard InChI is InChI=1S/C33H42N6O4/c1-4-31(40)37-11-13-38(14-12-37)32-28-8-10-39(30-22-26(41-3)21-25-20-24(2)6-7-27(25)30)23-29(28)34-33(35-32)43-17-5-9-36-15-18-42-19-16-36/h4,6-7,20-22H,1,5,8-19,23H2,2-3H3. The fraction of sp³-hybridized carbons (Fsp3) is 0.485. The van der Waals surface area contributed by atoms with Crippen molar-refractivity contribution in [2.24, 2.45) is 0 Å². The van der Waals surface area contributed by atoms with E-state index >= 15 is 0 Å². The number of ether oxygens (including phenoxy) is 3. The molecule has 2 fully saturated rings. The zero-order chi connectivity index (χ0) is 29.8. The number of carbonyl (C=O) groups is 1. The molecule has 1 aromatic heterocycles. The van der Waals surface area contributed by atoms with Gasteiger partial charge in [-0.3, -0.25) is 9.69 Å². The molecule has 0 saturated carbocycles. The van der Waals surface area contributed by atoms with Crippen molar-refractivity contribution < 1.29 is 19.0 Å². The van der Waals surface area contributed by atoms with Gasteiger partial charge >= 0.3 is 6.01 Å². The van der Waals surface area contributed by atoms with E-state index in [0.29, 0.717) is 45.3 Å². The Bertz CT molecular complexity index is 1470. The number of nitrogens with zero attached hydrogens (tertiary/aromatic N) is 6. The van der Waals surface area contributed by atoms with Crippen LogP contribution in [0.2, 0.25) is 0 Å². The first-order chi connectivity index (χ1) is 21.0. The Hall–Kier alpha value is -3.89. The van der Waals surface area contributed by atoms with Crippen molar-refractivity contribution in [3.8, 4) is 11.8 Å². The van der Waals surface area contributed by atoms with Crippen molar-refractivity contribution in [2.75, 3.05) is 89.1 Å². The number of aromatic nitrogens is 2. The van der Waals surface area contributed by atoms with Gasteiger partial charge in [0.05, 0.1) is 39.2 Å². The zero-order valence-corrected chi connectivity index (χ0v) is 25.4. The lowest BCUT2D eigenvalue weighted by Crippen LogP contribution is -2.49. The number of hydrogen-bond donors (Lipinski definition) is 0. The molecular formula is C33H42N6O4. The van der Waals surface area contributed by atoms with Crippen molar-refractivity contribution in [1.82, 2.24) is 19.8 Å². The molecule has 43 heavy (non-hydrogen) atoms. The Kier molecular flexibility index (Phi) is 8.95. The second-order valence-corrected chi connectivity index (χ2v) is 11.5. The minimum Gasteiger partial charge on any atom is -0.497 e. The smallest absolute Gasteiger partial charge is 0.318 e. The first-order valence-electron chi connectivity index (χ1n) is 15.3. The van der Waals surface area contributed by atoms with E-state index in [0.717, 1.165) is 75.2 Å². The summed E-state index contributed by atoms with van der Waals surface area (Å²) < 4.78 is 17.4. The number of anilines is 2. The Labute approximate surface area is 253 Å². The second-order valence-electron chi connectivity index (χ2n) is 11.5. The molecule has 3 aromatic rings. The molecule has 3 aliphatic rings. The summed E-state index contributed by atoms with van der Waals surface area (Å²) in [4.78, 5) is 31.1. The zero-order valence-electron chi connectivity index (χ0n) is 25.4. The van der Waals surface area contributed by atoms with Crippen molar-refractivity contribution in [3.05, 3.63) is 59.8 Å². The van der Waals surface area contributed by atoms with E-state index in [1.807, 2.05) is 4.90 Å². The predicted molar refractivity (Wildman–Crippen MR) is 168 cm³/mol. The van der Waals surface area contributed by atoms with Gasteiger partial charge in [-0.25, -0.2) is 0 Å². The van der Waals surface area contributed by atoms with Crippen LogP contribution in [0.4, 0.5) is 11.5 Å². The average Bonchev–Trinajstić information content (AvgIpc) is 3.05. The third-order valence-electron chi connectivity index (χ3n) is 8.68. The lowest BCUT2D eigenvalue weighted by Gasteiger charge is -2.38. The average molecular weight is 587 g/mol. The third kappa shape index (κ3) is 6.55. The highest BCUT2D eigenvalue weighted by Gasteiger charge is 2.29. The van der Waals surface area contributed by atoms with Crippen LogP contribution in [0.15, 0.2) is 43.0 Å². The molecule has 0 N–H and O–H groups in total. The number of amides is 1. The van der Waals surface area contributed by atoms with Crippen LogP contribution in [0, 0.1) is 6.92 Å². The topological polar surface area (TPSA) is 83.5 Å². The number of methoxy groups -OCH3 is 1. The predicted octanol–water partition coefficient (Wildman–Crippen LogP) is 3.45. The van der Waals surface area contributed by atoms with Gasteiger partial charge in [-0.15, -0.1) is 0 Å². The van der Waals surface area contributed by atoms with E-state index < -0.39 is 0 Å². The Balaban J connectivity index is 1.26. The monoisotopic (exact) mass is 586 g/mol. The van der Waals surface area contributed by atoms with Crippen molar-refractivity contribution in [2.45, 2.75) is 26.3 Å². The minimum atomic E-state index is -0.0231. The van der Waals surface area contributed by atoms with Crippen molar-refractivity contribution in [3.63, 3.8) is 0 Å². The Morgan fingerprint density at radius 3 is 2.60 bits per heavy atom. The summed E-state index contributed by atoms with van der Waals surface area (Å²) in [5.74, 6) is 1.76. The molecule has 0 aliphatic carbocycles.